The molecule has 0 amide bonds. The Labute approximate surface area is 217 Å². The van der Waals surface area contributed by atoms with E-state index in [1.165, 1.54) is 11.1 Å². The van der Waals surface area contributed by atoms with Crippen LogP contribution in [0.4, 0.5) is 23.1 Å². The maximum atomic E-state index is 5.40. The first-order valence-electron chi connectivity index (χ1n) is 12.5. The monoisotopic (exact) mass is 499 g/mol. The predicted molar refractivity (Wildman–Crippen MR) is 146 cm³/mol. The highest BCUT2D eigenvalue weighted by molar-refractivity contribution is 5.78. The zero-order chi connectivity index (χ0) is 25.8. The summed E-state index contributed by atoms with van der Waals surface area (Å²) in [5.41, 5.74) is 6.26. The molecule has 3 N–H and O–H groups in total. The fraction of sp³-hybridized carbons (Fsp3) is 0.321. The van der Waals surface area contributed by atoms with Crippen LogP contribution < -0.4 is 25.4 Å². The summed E-state index contributed by atoms with van der Waals surface area (Å²) in [7, 11) is 3.25. The van der Waals surface area contributed by atoms with E-state index >= 15 is 0 Å². The van der Waals surface area contributed by atoms with E-state index in [4.69, 9.17) is 14.5 Å². The van der Waals surface area contributed by atoms with E-state index in [1.54, 1.807) is 14.2 Å². The Morgan fingerprint density at radius 3 is 2.54 bits per heavy atom. The quantitative estimate of drug-likeness (QED) is 0.291. The molecule has 1 aliphatic rings. The van der Waals surface area contributed by atoms with Crippen molar-refractivity contribution in [2.24, 2.45) is 5.92 Å². The van der Waals surface area contributed by atoms with E-state index in [2.05, 4.69) is 58.1 Å². The van der Waals surface area contributed by atoms with Crippen LogP contribution in [0.1, 0.15) is 25.0 Å². The molecular formula is C28H33N7O2. The van der Waals surface area contributed by atoms with Gasteiger partial charge < -0.3 is 25.4 Å². The van der Waals surface area contributed by atoms with Gasteiger partial charge in [0.05, 0.1) is 20.4 Å². The van der Waals surface area contributed by atoms with Crippen LogP contribution in [0.2, 0.25) is 0 Å². The summed E-state index contributed by atoms with van der Waals surface area (Å²) < 4.78 is 12.8. The number of ether oxygens (including phenoxy) is 2. The van der Waals surface area contributed by atoms with E-state index in [0.717, 1.165) is 48.6 Å². The van der Waals surface area contributed by atoms with Gasteiger partial charge in [-0.2, -0.15) is 10.1 Å². The Balaban J connectivity index is 1.50. The summed E-state index contributed by atoms with van der Waals surface area (Å²) in [6, 6.07) is 12.1. The van der Waals surface area contributed by atoms with Crippen LogP contribution in [-0.2, 0) is 19.5 Å². The zero-order valence-corrected chi connectivity index (χ0v) is 21.7. The molecule has 0 radical (unpaired) electrons. The number of aromatic nitrogens is 4. The van der Waals surface area contributed by atoms with Crippen molar-refractivity contribution in [2.45, 2.75) is 33.4 Å². The van der Waals surface area contributed by atoms with Crippen molar-refractivity contribution in [1.82, 2.24) is 25.1 Å². The molecule has 0 saturated heterocycles. The van der Waals surface area contributed by atoms with Crippen molar-refractivity contribution >= 4 is 23.1 Å². The number of methoxy groups -OCH3 is 2. The number of nitrogens with zero attached hydrogens (tertiary/aromatic N) is 4. The van der Waals surface area contributed by atoms with Crippen LogP contribution in [0.25, 0.3) is 11.1 Å². The number of hydrogen-bond acceptors (Lipinski definition) is 8. The number of nitrogens with one attached hydrogen (secondary N) is 3. The Hall–Kier alpha value is -4.11. The lowest BCUT2D eigenvalue weighted by Crippen LogP contribution is -2.23. The molecule has 0 unspecified atom stereocenters. The molecule has 0 spiro atoms. The molecule has 9 heteroatoms. The first-order valence-corrected chi connectivity index (χ1v) is 12.5. The van der Waals surface area contributed by atoms with Gasteiger partial charge in [0.15, 0.2) is 0 Å². The van der Waals surface area contributed by atoms with Gasteiger partial charge in [0.1, 0.15) is 17.3 Å². The third-order valence-corrected chi connectivity index (χ3v) is 6.25. The second-order valence-electron chi connectivity index (χ2n) is 9.56. The third-order valence-electron chi connectivity index (χ3n) is 6.25. The molecule has 0 aliphatic carbocycles. The van der Waals surface area contributed by atoms with Gasteiger partial charge in [-0.15, -0.1) is 0 Å². The summed E-state index contributed by atoms with van der Waals surface area (Å²) in [5.74, 6) is 3.00. The second kappa shape index (κ2) is 10.9. The number of benzene rings is 2. The zero-order valence-electron chi connectivity index (χ0n) is 21.7. The van der Waals surface area contributed by atoms with E-state index in [0.29, 0.717) is 29.2 Å². The summed E-state index contributed by atoms with van der Waals surface area (Å²) in [4.78, 5) is 9.48. The highest BCUT2D eigenvalue weighted by atomic mass is 16.5. The SMILES string of the molecule is COc1cc(Nc2ncc(-c3cnn(CC(C)C)c3)c(Nc3ccc4c(c3)CNCC4)n2)cc(OC)c1. The first-order chi connectivity index (χ1) is 18.0. The van der Waals surface area contributed by atoms with Crippen LogP contribution in [0, 0.1) is 5.92 Å². The highest BCUT2D eigenvalue weighted by Crippen LogP contribution is 2.32. The first kappa shape index (κ1) is 24.6. The molecule has 2 aromatic carbocycles. The average Bonchev–Trinajstić information content (AvgIpc) is 3.36. The molecule has 0 saturated carbocycles. The maximum absolute atomic E-state index is 5.40. The normalized spacial score (nSPS) is 12.8. The van der Waals surface area contributed by atoms with Crippen LogP contribution in [-0.4, -0.2) is 40.5 Å². The minimum Gasteiger partial charge on any atom is -0.497 e. The van der Waals surface area contributed by atoms with E-state index in [-0.39, 0.29) is 0 Å². The van der Waals surface area contributed by atoms with Crippen LogP contribution >= 0.6 is 0 Å². The Bertz CT molecular complexity index is 1360. The van der Waals surface area contributed by atoms with Crippen LogP contribution in [0.3, 0.4) is 0 Å². The number of rotatable bonds is 9. The summed E-state index contributed by atoms with van der Waals surface area (Å²) in [5, 5.41) is 14.8. The van der Waals surface area contributed by atoms with Crippen molar-refractivity contribution in [3.63, 3.8) is 0 Å². The van der Waals surface area contributed by atoms with Gasteiger partial charge in [0.2, 0.25) is 5.95 Å². The summed E-state index contributed by atoms with van der Waals surface area (Å²) in [6.45, 7) is 7.08. The highest BCUT2D eigenvalue weighted by Gasteiger charge is 2.15. The Morgan fingerprint density at radius 1 is 0.973 bits per heavy atom. The largest absolute Gasteiger partial charge is 0.497 e. The maximum Gasteiger partial charge on any atom is 0.229 e. The molecule has 9 nitrogen and oxygen atoms in total. The third kappa shape index (κ3) is 5.83. The molecule has 192 valence electrons. The van der Waals surface area contributed by atoms with Gasteiger partial charge in [-0.1, -0.05) is 19.9 Å². The minimum atomic E-state index is 0.454. The summed E-state index contributed by atoms with van der Waals surface area (Å²) >= 11 is 0. The van der Waals surface area contributed by atoms with Crippen molar-refractivity contribution in [2.75, 3.05) is 31.4 Å². The van der Waals surface area contributed by atoms with Crippen molar-refractivity contribution in [3.8, 4) is 22.6 Å². The van der Waals surface area contributed by atoms with Crippen molar-refractivity contribution < 1.29 is 9.47 Å². The molecule has 0 fully saturated rings. The molecule has 37 heavy (non-hydrogen) atoms. The average molecular weight is 500 g/mol. The summed E-state index contributed by atoms with van der Waals surface area (Å²) in [6.07, 6.45) is 6.77. The molecule has 0 atom stereocenters. The lowest BCUT2D eigenvalue weighted by atomic mass is 10.0. The van der Waals surface area contributed by atoms with Crippen molar-refractivity contribution in [1.29, 1.82) is 0 Å². The molecular weight excluding hydrogens is 466 g/mol. The molecule has 3 heterocycles. The van der Waals surface area contributed by atoms with E-state index in [9.17, 15) is 0 Å². The van der Waals surface area contributed by atoms with Gasteiger partial charge in [0, 0.05) is 66.2 Å². The van der Waals surface area contributed by atoms with Gasteiger partial charge in [0.25, 0.3) is 0 Å². The van der Waals surface area contributed by atoms with E-state index < -0.39 is 0 Å². The number of hydrogen-bond donors (Lipinski definition) is 3. The van der Waals surface area contributed by atoms with Crippen LogP contribution in [0.5, 0.6) is 11.5 Å². The van der Waals surface area contributed by atoms with Gasteiger partial charge in [-0.05, 0) is 42.1 Å². The van der Waals surface area contributed by atoms with Gasteiger partial charge in [-0.25, -0.2) is 4.98 Å². The second-order valence-corrected chi connectivity index (χ2v) is 9.56. The van der Waals surface area contributed by atoms with Crippen molar-refractivity contribution in [3.05, 3.63) is 66.1 Å². The molecule has 1 aliphatic heterocycles. The van der Waals surface area contributed by atoms with Gasteiger partial charge >= 0.3 is 0 Å². The van der Waals surface area contributed by atoms with Crippen LogP contribution in [0.15, 0.2) is 55.0 Å². The fourth-order valence-electron chi connectivity index (χ4n) is 4.43. The predicted octanol–water partition coefficient (Wildman–Crippen LogP) is 5.15. The molecule has 5 rings (SSSR count). The molecule has 4 aromatic rings. The van der Waals surface area contributed by atoms with E-state index in [1.807, 2.05) is 41.5 Å². The molecule has 0 bridgehead atoms. The number of anilines is 4. The lowest BCUT2D eigenvalue weighted by Gasteiger charge is -2.19. The fourth-order valence-corrected chi connectivity index (χ4v) is 4.43. The Morgan fingerprint density at radius 2 is 1.78 bits per heavy atom. The standard InChI is InChI=1S/C28H33N7O2/c1-18(2)16-35-17-21(14-31-35)26-15-30-28(33-23-10-24(36-3)12-25(11-23)37-4)34-27(26)32-22-6-5-19-7-8-29-13-20(19)9-22/h5-6,9-12,14-15,17-18,29H,7-8,13,16H2,1-4H3,(H2,30,32,33,34). The minimum absolute atomic E-state index is 0.454. The molecule has 2 aromatic heterocycles. The topological polar surface area (TPSA) is 98.2 Å². The smallest absolute Gasteiger partial charge is 0.229 e. The number of fused-ring (bicyclic) bond motifs is 1. The van der Waals surface area contributed by atoms with Gasteiger partial charge in [-0.3, -0.25) is 4.68 Å². The Kier molecular flexibility index (Phi) is 7.23. The lowest BCUT2D eigenvalue weighted by molar-refractivity contribution is 0.395.